The second-order valence-electron chi connectivity index (χ2n) is 1.46. The van der Waals surface area contributed by atoms with Crippen molar-refractivity contribution < 1.29 is 4.79 Å². The molecule has 7 heavy (non-hydrogen) atoms. The van der Waals surface area contributed by atoms with Crippen LogP contribution in [-0.4, -0.2) is 17.9 Å². The second kappa shape index (κ2) is 1.78. The molecule has 0 N–H and O–H groups in total. The van der Waals surface area contributed by atoms with Crippen molar-refractivity contribution in [1.29, 1.82) is 0 Å². The van der Waals surface area contributed by atoms with E-state index in [0.29, 0.717) is 0 Å². The number of nitrogens with zero attached hydrogens (tertiary/aromatic N) is 1. The molecule has 0 aromatic rings. The molecule has 1 aliphatic rings. The summed E-state index contributed by atoms with van der Waals surface area (Å²) in [5, 5.41) is 0. The number of hydrogen-bond donors (Lipinski definition) is 0. The Kier molecular flexibility index (Phi) is 1.11. The largest absolute Gasteiger partial charge is 0.316 e. The Labute approximate surface area is 42.4 Å². The molecular formula is C5H6NO. The molecule has 1 rings (SSSR count). The molecule has 0 saturated carbocycles. The van der Waals surface area contributed by atoms with E-state index in [1.807, 2.05) is 6.08 Å². The molecule has 0 aromatic carbocycles. The van der Waals surface area contributed by atoms with Crippen molar-refractivity contribution in [3.05, 3.63) is 12.3 Å². The third-order valence-electron chi connectivity index (χ3n) is 0.939. The Morgan fingerprint density at radius 2 is 2.57 bits per heavy atom. The molecule has 0 spiro atoms. The molecule has 0 unspecified atom stereocenters. The Bertz CT molecular complexity index is 98.3. The summed E-state index contributed by atoms with van der Waals surface area (Å²) < 4.78 is 0. The van der Waals surface area contributed by atoms with Gasteiger partial charge in [0.1, 0.15) is 0 Å². The summed E-state index contributed by atoms with van der Waals surface area (Å²) in [6, 6.07) is 0. The van der Waals surface area contributed by atoms with Gasteiger partial charge in [0.15, 0.2) is 0 Å². The van der Waals surface area contributed by atoms with Gasteiger partial charge in [0.2, 0.25) is 0 Å². The summed E-state index contributed by atoms with van der Waals surface area (Å²) in [6.45, 7) is 0.809. The fourth-order valence-electron chi connectivity index (χ4n) is 0.566. The zero-order valence-corrected chi connectivity index (χ0v) is 3.92. The van der Waals surface area contributed by atoms with Gasteiger partial charge in [0.25, 0.3) is 0 Å². The van der Waals surface area contributed by atoms with Crippen LogP contribution in [0.25, 0.3) is 0 Å². The number of hydrogen-bond acceptors (Lipinski definition) is 1. The van der Waals surface area contributed by atoms with Gasteiger partial charge in [-0.25, -0.2) is 0 Å². The highest BCUT2D eigenvalue weighted by Gasteiger charge is 1.99. The SMILES string of the molecule is O=[C]N1C=CCC1. The fourth-order valence-corrected chi connectivity index (χ4v) is 0.566. The zero-order valence-electron chi connectivity index (χ0n) is 3.92. The van der Waals surface area contributed by atoms with Gasteiger partial charge < -0.3 is 4.90 Å². The van der Waals surface area contributed by atoms with E-state index < -0.39 is 0 Å². The van der Waals surface area contributed by atoms with E-state index in [-0.39, 0.29) is 0 Å². The Morgan fingerprint density at radius 3 is 2.86 bits per heavy atom. The molecule has 1 aliphatic heterocycles. The standard InChI is InChI=1S/C5H6NO/c7-5-6-3-1-2-4-6/h1,3H,2,4H2. The quantitative estimate of drug-likeness (QED) is 0.459. The molecule has 0 saturated heterocycles. The maximum atomic E-state index is 9.76. The first-order chi connectivity index (χ1) is 3.43. The maximum Gasteiger partial charge on any atom is 0.316 e. The predicted molar refractivity (Wildman–Crippen MR) is 26.2 cm³/mol. The highest BCUT2D eigenvalue weighted by atomic mass is 16.1. The lowest BCUT2D eigenvalue weighted by atomic mass is 10.5. The maximum absolute atomic E-state index is 9.76. The molecule has 2 heteroatoms. The summed E-state index contributed by atoms with van der Waals surface area (Å²) in [5.41, 5.74) is 0. The van der Waals surface area contributed by atoms with Crippen molar-refractivity contribution in [3.63, 3.8) is 0 Å². The number of rotatable bonds is 1. The van der Waals surface area contributed by atoms with Crippen LogP contribution >= 0.6 is 0 Å². The Hall–Kier alpha value is -0.790. The van der Waals surface area contributed by atoms with E-state index in [4.69, 9.17) is 0 Å². The summed E-state index contributed by atoms with van der Waals surface area (Å²) in [6.07, 6.45) is 6.43. The van der Waals surface area contributed by atoms with E-state index >= 15 is 0 Å². The van der Waals surface area contributed by atoms with Gasteiger partial charge in [-0.15, -0.1) is 0 Å². The number of carbonyl (C=O) groups excluding carboxylic acids is 1. The van der Waals surface area contributed by atoms with Crippen LogP contribution in [0, 0.1) is 0 Å². The Morgan fingerprint density at radius 1 is 1.71 bits per heavy atom. The first-order valence-electron chi connectivity index (χ1n) is 2.24. The van der Waals surface area contributed by atoms with Gasteiger partial charge in [0.05, 0.1) is 0 Å². The summed E-state index contributed by atoms with van der Waals surface area (Å²) in [7, 11) is 0. The lowest BCUT2D eigenvalue weighted by molar-refractivity contribution is 0.479. The normalized spacial score (nSPS) is 18.0. The third kappa shape index (κ3) is 0.796. The van der Waals surface area contributed by atoms with Crippen molar-refractivity contribution in [2.45, 2.75) is 6.42 Å². The highest BCUT2D eigenvalue weighted by Crippen LogP contribution is 1.98. The minimum absolute atomic E-state index is 0.809. The molecule has 0 bridgehead atoms. The van der Waals surface area contributed by atoms with E-state index in [9.17, 15) is 4.79 Å². The fraction of sp³-hybridized carbons (Fsp3) is 0.400. The lowest BCUT2D eigenvalue weighted by Crippen LogP contribution is -2.09. The van der Waals surface area contributed by atoms with Crippen molar-refractivity contribution in [2.24, 2.45) is 0 Å². The lowest BCUT2D eigenvalue weighted by Gasteiger charge is -1.98. The van der Waals surface area contributed by atoms with Crippen LogP contribution in [0.2, 0.25) is 0 Å². The van der Waals surface area contributed by atoms with E-state index in [1.165, 1.54) is 4.90 Å². The molecular weight excluding hydrogens is 90.1 g/mol. The van der Waals surface area contributed by atoms with Crippen LogP contribution in [-0.2, 0) is 4.79 Å². The van der Waals surface area contributed by atoms with Gasteiger partial charge in [0, 0.05) is 12.7 Å². The van der Waals surface area contributed by atoms with E-state index in [1.54, 1.807) is 12.6 Å². The van der Waals surface area contributed by atoms with Gasteiger partial charge in [-0.1, -0.05) is 6.08 Å². The first kappa shape index (κ1) is 4.37. The summed E-state index contributed by atoms with van der Waals surface area (Å²) in [5.74, 6) is 0. The second-order valence-corrected chi connectivity index (χ2v) is 1.46. The van der Waals surface area contributed by atoms with Gasteiger partial charge in [-0.2, -0.15) is 0 Å². The van der Waals surface area contributed by atoms with Crippen molar-refractivity contribution in [3.8, 4) is 0 Å². The molecule has 1 heterocycles. The molecule has 2 nitrogen and oxygen atoms in total. The predicted octanol–water partition coefficient (Wildman–Crippen LogP) is 0.273. The van der Waals surface area contributed by atoms with Gasteiger partial charge >= 0.3 is 6.41 Å². The van der Waals surface area contributed by atoms with Crippen LogP contribution in [0.5, 0.6) is 0 Å². The Balaban J connectivity index is 2.42. The highest BCUT2D eigenvalue weighted by molar-refractivity contribution is 5.50. The number of amides is 1. The van der Waals surface area contributed by atoms with E-state index in [2.05, 4.69) is 0 Å². The summed E-state index contributed by atoms with van der Waals surface area (Å²) in [4.78, 5) is 11.3. The van der Waals surface area contributed by atoms with Gasteiger partial charge in [-0.05, 0) is 6.42 Å². The van der Waals surface area contributed by atoms with Crippen molar-refractivity contribution in [2.75, 3.05) is 6.54 Å². The average molecular weight is 96.1 g/mol. The minimum Gasteiger partial charge on any atom is -0.311 e. The third-order valence-corrected chi connectivity index (χ3v) is 0.939. The first-order valence-corrected chi connectivity index (χ1v) is 2.24. The van der Waals surface area contributed by atoms with Crippen LogP contribution < -0.4 is 0 Å². The molecule has 37 valence electrons. The smallest absolute Gasteiger partial charge is 0.311 e. The van der Waals surface area contributed by atoms with Crippen LogP contribution in [0.3, 0.4) is 0 Å². The van der Waals surface area contributed by atoms with Crippen molar-refractivity contribution in [1.82, 2.24) is 4.90 Å². The average Bonchev–Trinajstić information content (AvgIpc) is 2.14. The molecule has 0 aromatic heterocycles. The molecule has 1 radical (unpaired) electrons. The molecule has 0 aliphatic carbocycles. The molecule has 0 atom stereocenters. The van der Waals surface area contributed by atoms with Crippen molar-refractivity contribution >= 4 is 6.41 Å². The van der Waals surface area contributed by atoms with Crippen LogP contribution in [0.1, 0.15) is 6.42 Å². The van der Waals surface area contributed by atoms with E-state index in [0.717, 1.165) is 13.0 Å². The van der Waals surface area contributed by atoms with Crippen LogP contribution in [0.4, 0.5) is 0 Å². The topological polar surface area (TPSA) is 20.3 Å². The summed E-state index contributed by atoms with van der Waals surface area (Å²) >= 11 is 0. The minimum atomic E-state index is 0.809. The van der Waals surface area contributed by atoms with Crippen LogP contribution in [0.15, 0.2) is 12.3 Å². The van der Waals surface area contributed by atoms with Gasteiger partial charge in [-0.3, -0.25) is 4.79 Å². The molecule has 0 fully saturated rings. The zero-order chi connectivity index (χ0) is 5.11. The monoisotopic (exact) mass is 96.0 g/mol. The molecule has 1 amide bonds.